The second-order valence-electron chi connectivity index (χ2n) is 5.31. The van der Waals surface area contributed by atoms with Crippen molar-refractivity contribution in [2.45, 2.75) is 60.8 Å². The van der Waals surface area contributed by atoms with E-state index in [1.807, 2.05) is 0 Å². The van der Waals surface area contributed by atoms with Crippen molar-refractivity contribution in [3.8, 4) is 0 Å². The second-order valence-corrected chi connectivity index (χ2v) is 5.31. The summed E-state index contributed by atoms with van der Waals surface area (Å²) in [6.45, 7) is 11.5. The minimum atomic E-state index is 0. The van der Waals surface area contributed by atoms with Gasteiger partial charge in [-0.25, -0.2) is 0 Å². The minimum Gasteiger partial charge on any atom is -0.381 e. The first-order chi connectivity index (χ1) is 6.61. The molecule has 0 saturated carbocycles. The Kier molecular flexibility index (Phi) is 6.51. The van der Waals surface area contributed by atoms with Crippen molar-refractivity contribution < 1.29 is 4.74 Å². The average Bonchev–Trinajstić information content (AvgIpc) is 2.20. The van der Waals surface area contributed by atoms with E-state index in [-0.39, 0.29) is 7.43 Å². The fraction of sp³-hybridized carbons (Fsp3) is 1.00. The molecule has 1 nitrogen and oxygen atoms in total. The van der Waals surface area contributed by atoms with E-state index in [1.165, 1.54) is 25.7 Å². The van der Waals surface area contributed by atoms with Gasteiger partial charge >= 0.3 is 0 Å². The van der Waals surface area contributed by atoms with Crippen LogP contribution in [0.4, 0.5) is 0 Å². The molecule has 1 rings (SSSR count). The van der Waals surface area contributed by atoms with E-state index in [4.69, 9.17) is 4.74 Å². The molecule has 0 spiro atoms. The molecular formula is C14H30O. The van der Waals surface area contributed by atoms with Crippen LogP contribution >= 0.6 is 0 Å². The van der Waals surface area contributed by atoms with Gasteiger partial charge in [-0.15, -0.1) is 0 Å². The lowest BCUT2D eigenvalue weighted by atomic mass is 9.67. The van der Waals surface area contributed by atoms with Gasteiger partial charge in [-0.2, -0.15) is 0 Å². The van der Waals surface area contributed by atoms with Crippen LogP contribution < -0.4 is 0 Å². The van der Waals surface area contributed by atoms with Gasteiger partial charge in [0.1, 0.15) is 0 Å². The van der Waals surface area contributed by atoms with Crippen LogP contribution in [0.3, 0.4) is 0 Å². The fourth-order valence-corrected chi connectivity index (χ4v) is 2.90. The van der Waals surface area contributed by atoms with Crippen LogP contribution in [-0.4, -0.2) is 13.2 Å². The van der Waals surface area contributed by atoms with E-state index >= 15 is 0 Å². The predicted octanol–water partition coefficient (Wildman–Crippen LogP) is 4.51. The van der Waals surface area contributed by atoms with Crippen molar-refractivity contribution >= 4 is 0 Å². The van der Waals surface area contributed by atoms with Crippen LogP contribution in [0.25, 0.3) is 0 Å². The standard InChI is InChI=1S/C13H26O.CH4/c1-5-12(13(3,4)6-2)11-7-9-14-10-8-11;/h11-12H,5-10H2,1-4H3;1H4. The molecule has 1 atom stereocenters. The molecule has 0 aromatic heterocycles. The molecule has 1 heterocycles. The van der Waals surface area contributed by atoms with E-state index in [0.29, 0.717) is 5.41 Å². The third-order valence-corrected chi connectivity index (χ3v) is 4.19. The number of hydrogen-bond donors (Lipinski definition) is 0. The first-order valence-electron chi connectivity index (χ1n) is 6.19. The Morgan fingerprint density at radius 2 is 1.73 bits per heavy atom. The Balaban J connectivity index is 0.00000196. The molecule has 0 radical (unpaired) electrons. The maximum Gasteiger partial charge on any atom is 0.0468 e. The van der Waals surface area contributed by atoms with Gasteiger partial charge in [-0.3, -0.25) is 0 Å². The number of rotatable bonds is 4. The summed E-state index contributed by atoms with van der Waals surface area (Å²) in [5.74, 6) is 1.79. The van der Waals surface area contributed by atoms with Crippen molar-refractivity contribution in [3.63, 3.8) is 0 Å². The van der Waals surface area contributed by atoms with E-state index in [9.17, 15) is 0 Å². The van der Waals surface area contributed by atoms with Gasteiger partial charge < -0.3 is 4.74 Å². The largest absolute Gasteiger partial charge is 0.381 e. The highest BCUT2D eigenvalue weighted by Gasteiger charge is 2.33. The Hall–Kier alpha value is -0.0400. The number of hydrogen-bond acceptors (Lipinski definition) is 1. The third kappa shape index (κ3) is 3.79. The van der Waals surface area contributed by atoms with Crippen LogP contribution in [0.5, 0.6) is 0 Å². The van der Waals surface area contributed by atoms with Crippen LogP contribution in [0, 0.1) is 17.3 Å². The van der Waals surface area contributed by atoms with Crippen LogP contribution in [0.15, 0.2) is 0 Å². The average molecular weight is 214 g/mol. The first-order valence-corrected chi connectivity index (χ1v) is 6.19. The zero-order valence-electron chi connectivity index (χ0n) is 10.3. The Morgan fingerprint density at radius 3 is 2.13 bits per heavy atom. The van der Waals surface area contributed by atoms with Crippen LogP contribution in [0.1, 0.15) is 60.8 Å². The summed E-state index contributed by atoms with van der Waals surface area (Å²) < 4.78 is 5.44. The second kappa shape index (κ2) is 6.52. The Bertz CT molecular complexity index is 157. The fourth-order valence-electron chi connectivity index (χ4n) is 2.90. The summed E-state index contributed by atoms with van der Waals surface area (Å²) in [5, 5.41) is 0. The molecule has 92 valence electrons. The summed E-state index contributed by atoms with van der Waals surface area (Å²) in [5.41, 5.74) is 0.511. The zero-order valence-corrected chi connectivity index (χ0v) is 10.3. The summed E-state index contributed by atoms with van der Waals surface area (Å²) in [7, 11) is 0. The molecule has 0 aromatic carbocycles. The zero-order chi connectivity index (χ0) is 10.6. The van der Waals surface area contributed by atoms with Crippen LogP contribution in [-0.2, 0) is 4.74 Å². The van der Waals surface area contributed by atoms with Gasteiger partial charge in [-0.1, -0.05) is 48.0 Å². The van der Waals surface area contributed by atoms with Gasteiger partial charge in [0.2, 0.25) is 0 Å². The minimum absolute atomic E-state index is 0. The summed E-state index contributed by atoms with van der Waals surface area (Å²) in [6.07, 6.45) is 5.18. The lowest BCUT2D eigenvalue weighted by Crippen LogP contribution is -2.33. The molecule has 1 aliphatic rings. The summed E-state index contributed by atoms with van der Waals surface area (Å²) >= 11 is 0. The molecule has 1 fully saturated rings. The third-order valence-electron chi connectivity index (χ3n) is 4.19. The highest BCUT2D eigenvalue weighted by molar-refractivity contribution is 4.83. The molecule has 0 amide bonds. The lowest BCUT2D eigenvalue weighted by Gasteiger charge is -2.40. The molecular weight excluding hydrogens is 184 g/mol. The molecule has 1 saturated heterocycles. The Morgan fingerprint density at radius 1 is 1.20 bits per heavy atom. The predicted molar refractivity (Wildman–Crippen MR) is 68.1 cm³/mol. The first kappa shape index (κ1) is 15.0. The van der Waals surface area contributed by atoms with Gasteiger partial charge in [0, 0.05) is 13.2 Å². The monoisotopic (exact) mass is 214 g/mol. The molecule has 0 N–H and O–H groups in total. The maximum absolute atomic E-state index is 5.44. The van der Waals surface area contributed by atoms with Gasteiger partial charge in [0.15, 0.2) is 0 Å². The van der Waals surface area contributed by atoms with Crippen LogP contribution in [0.2, 0.25) is 0 Å². The molecule has 0 bridgehead atoms. The molecule has 15 heavy (non-hydrogen) atoms. The molecule has 1 aliphatic heterocycles. The quantitative estimate of drug-likeness (QED) is 0.669. The molecule has 0 aromatic rings. The van der Waals surface area contributed by atoms with Gasteiger partial charge in [-0.05, 0) is 30.1 Å². The summed E-state index contributed by atoms with van der Waals surface area (Å²) in [4.78, 5) is 0. The van der Waals surface area contributed by atoms with Gasteiger partial charge in [0.25, 0.3) is 0 Å². The number of ether oxygens (including phenoxy) is 1. The maximum atomic E-state index is 5.44. The highest BCUT2D eigenvalue weighted by atomic mass is 16.5. The van der Waals surface area contributed by atoms with E-state index in [0.717, 1.165) is 25.0 Å². The Labute approximate surface area is 96.6 Å². The van der Waals surface area contributed by atoms with Crippen molar-refractivity contribution in [2.75, 3.05) is 13.2 Å². The van der Waals surface area contributed by atoms with Gasteiger partial charge in [0.05, 0.1) is 0 Å². The van der Waals surface area contributed by atoms with E-state index in [1.54, 1.807) is 0 Å². The SMILES string of the molecule is C.CCC(C1CCOCC1)C(C)(C)CC. The van der Waals surface area contributed by atoms with E-state index in [2.05, 4.69) is 27.7 Å². The lowest BCUT2D eigenvalue weighted by molar-refractivity contribution is 0.0134. The molecule has 0 aliphatic carbocycles. The smallest absolute Gasteiger partial charge is 0.0468 e. The highest BCUT2D eigenvalue weighted by Crippen LogP contribution is 2.41. The van der Waals surface area contributed by atoms with Crippen molar-refractivity contribution in [1.29, 1.82) is 0 Å². The molecule has 1 unspecified atom stereocenters. The van der Waals surface area contributed by atoms with Crippen molar-refractivity contribution in [3.05, 3.63) is 0 Å². The summed E-state index contributed by atoms with van der Waals surface area (Å²) in [6, 6.07) is 0. The topological polar surface area (TPSA) is 9.23 Å². The molecule has 1 heteroatoms. The normalized spacial score (nSPS) is 20.8. The van der Waals surface area contributed by atoms with Crippen molar-refractivity contribution in [2.24, 2.45) is 17.3 Å². The van der Waals surface area contributed by atoms with E-state index < -0.39 is 0 Å². The van der Waals surface area contributed by atoms with Crippen molar-refractivity contribution in [1.82, 2.24) is 0 Å².